The third-order valence-electron chi connectivity index (χ3n) is 5.69. The normalized spacial score (nSPS) is 20.0. The van der Waals surface area contributed by atoms with E-state index in [1.54, 1.807) is 80.1 Å². The summed E-state index contributed by atoms with van der Waals surface area (Å²) in [6, 6.07) is 11.6. The first-order valence-corrected chi connectivity index (χ1v) is 12.5. The zero-order valence-electron chi connectivity index (χ0n) is 22.3. The summed E-state index contributed by atoms with van der Waals surface area (Å²) in [4.78, 5) is 29.1. The Morgan fingerprint density at radius 1 is 0.902 bits per heavy atom. The molecular weight excluding hydrogens is 527 g/mol. The van der Waals surface area contributed by atoms with Crippen LogP contribution in [0.25, 0.3) is 5.57 Å². The molecule has 0 heterocycles. The number of hydrogen-bond donors (Lipinski definition) is 2. The fourth-order valence-electron chi connectivity index (χ4n) is 3.67. The molecule has 0 saturated carbocycles. The number of benzene rings is 2. The zero-order chi connectivity index (χ0) is 29.8. The quantitative estimate of drug-likeness (QED) is 0.280. The molecule has 1 aliphatic carbocycles. The van der Waals surface area contributed by atoms with Crippen molar-refractivity contribution in [3.63, 3.8) is 0 Å². The highest BCUT2D eigenvalue weighted by Gasteiger charge is 2.30. The molecule has 0 bridgehead atoms. The predicted octanol–water partition coefficient (Wildman–Crippen LogP) is 7.99. The Balaban J connectivity index is 2.04. The van der Waals surface area contributed by atoms with E-state index in [-0.39, 0.29) is 17.2 Å². The fraction of sp³-hybridized carbons (Fsp3) is 0.0606. The Morgan fingerprint density at radius 2 is 1.63 bits per heavy atom. The van der Waals surface area contributed by atoms with Crippen LogP contribution in [0.2, 0.25) is 0 Å². The summed E-state index contributed by atoms with van der Waals surface area (Å²) in [7, 11) is 0. The number of carbonyl (C=O) groups is 2. The first kappa shape index (κ1) is 30.3. The van der Waals surface area contributed by atoms with Crippen molar-refractivity contribution in [2.24, 2.45) is 4.99 Å². The summed E-state index contributed by atoms with van der Waals surface area (Å²) in [5.74, 6) is -0.949. The number of alkyl halides is 3. The van der Waals surface area contributed by atoms with Crippen LogP contribution in [0.15, 0.2) is 144 Å². The summed E-state index contributed by atoms with van der Waals surface area (Å²) < 4.78 is 39.4. The van der Waals surface area contributed by atoms with Gasteiger partial charge in [0.1, 0.15) is 0 Å². The van der Waals surface area contributed by atoms with Gasteiger partial charge >= 0.3 is 6.18 Å². The Hall–Kier alpha value is -5.24. The van der Waals surface area contributed by atoms with Crippen LogP contribution in [0, 0.1) is 0 Å². The van der Waals surface area contributed by atoms with E-state index < -0.39 is 17.6 Å². The molecule has 0 fully saturated rings. The smallest absolute Gasteiger partial charge is 0.323 e. The van der Waals surface area contributed by atoms with E-state index in [0.717, 1.165) is 23.3 Å². The molecule has 0 spiro atoms. The maximum absolute atomic E-state index is 13.1. The topological polar surface area (TPSA) is 70.6 Å². The number of anilines is 2. The van der Waals surface area contributed by atoms with Crippen LogP contribution < -0.4 is 10.6 Å². The van der Waals surface area contributed by atoms with E-state index in [1.165, 1.54) is 18.2 Å². The number of nitrogens with zero attached hydrogens (tertiary/aromatic N) is 1. The van der Waals surface area contributed by atoms with E-state index in [4.69, 9.17) is 0 Å². The molecular formula is C33H28F3N3O2. The molecule has 0 aliphatic heterocycles. The van der Waals surface area contributed by atoms with Crippen LogP contribution >= 0.6 is 0 Å². The highest BCUT2D eigenvalue weighted by Crippen LogP contribution is 2.32. The van der Waals surface area contributed by atoms with Gasteiger partial charge in [0, 0.05) is 29.4 Å². The van der Waals surface area contributed by atoms with Gasteiger partial charge in [0.2, 0.25) is 5.91 Å². The van der Waals surface area contributed by atoms with Crippen molar-refractivity contribution in [2.75, 3.05) is 10.6 Å². The van der Waals surface area contributed by atoms with Gasteiger partial charge in [-0.1, -0.05) is 67.8 Å². The van der Waals surface area contributed by atoms with Gasteiger partial charge in [0.15, 0.2) is 0 Å². The number of aliphatic imine (C=N–C) groups is 1. The summed E-state index contributed by atoms with van der Waals surface area (Å²) in [5, 5.41) is 5.26. The molecule has 3 rings (SSSR count). The molecule has 1 aliphatic rings. The summed E-state index contributed by atoms with van der Waals surface area (Å²) in [5.41, 5.74) is 2.66. The van der Waals surface area contributed by atoms with E-state index >= 15 is 0 Å². The minimum absolute atomic E-state index is 0.0170. The first-order valence-electron chi connectivity index (χ1n) is 12.5. The fourth-order valence-corrected chi connectivity index (χ4v) is 3.67. The summed E-state index contributed by atoms with van der Waals surface area (Å²) in [6.45, 7) is 9.53. The van der Waals surface area contributed by atoms with Gasteiger partial charge in [-0.25, -0.2) is 0 Å². The van der Waals surface area contributed by atoms with Crippen molar-refractivity contribution in [2.45, 2.75) is 13.1 Å². The van der Waals surface area contributed by atoms with Crippen LogP contribution in [-0.2, 0) is 15.8 Å². The molecule has 0 radical (unpaired) electrons. The molecule has 5 nitrogen and oxygen atoms in total. The average Bonchev–Trinajstić information content (AvgIpc) is 2.94. The van der Waals surface area contributed by atoms with Crippen molar-refractivity contribution in [3.8, 4) is 0 Å². The van der Waals surface area contributed by atoms with Gasteiger partial charge < -0.3 is 10.6 Å². The number of rotatable bonds is 6. The molecule has 0 saturated heterocycles. The number of carbonyl (C=O) groups excluding carboxylic acids is 2. The highest BCUT2D eigenvalue weighted by molar-refractivity contribution is 6.06. The zero-order valence-corrected chi connectivity index (χ0v) is 22.3. The van der Waals surface area contributed by atoms with Crippen LogP contribution in [-0.4, -0.2) is 18.0 Å². The lowest BCUT2D eigenvalue weighted by Gasteiger charge is -2.14. The molecule has 2 amide bonds. The van der Waals surface area contributed by atoms with E-state index in [1.807, 2.05) is 12.1 Å². The standard InChI is InChI=1S/C33H28F3N3O2/c1-4-31(40)38-28-17-9-15-25(20-28)30-19-10-14-24(12-7-6-8-13-26(23(30)3)22-37-5-2)32(41)39-29-18-11-16-27(21-29)33(34,35)36/h4-22H,1,3H2,2H3,(H,38,40)(H,39,41)/b7-6+,13-8+,14-10-,24-12+,26-22-,30-19+,37-5-. The second-order valence-electron chi connectivity index (χ2n) is 8.58. The SMILES string of the molecule is C=CC(=O)Nc1cccc(/C2=C/C=C\C(C(=O)Nc3cccc(C(F)(F)F)c3)=C/C=C/C=C/C(=C/N=C\C)C2=C)c1. The number of halogens is 3. The lowest BCUT2D eigenvalue weighted by molar-refractivity contribution is -0.137. The molecule has 41 heavy (non-hydrogen) atoms. The Labute approximate surface area is 236 Å². The predicted molar refractivity (Wildman–Crippen MR) is 160 cm³/mol. The van der Waals surface area contributed by atoms with E-state index in [9.17, 15) is 22.8 Å². The van der Waals surface area contributed by atoms with Gasteiger partial charge in [-0.3, -0.25) is 14.6 Å². The van der Waals surface area contributed by atoms with Crippen LogP contribution in [0.5, 0.6) is 0 Å². The number of allylic oxidation sites excluding steroid dienone is 10. The maximum Gasteiger partial charge on any atom is 0.416 e. The van der Waals surface area contributed by atoms with Gasteiger partial charge in [-0.15, -0.1) is 0 Å². The summed E-state index contributed by atoms with van der Waals surface area (Å²) >= 11 is 0. The number of nitrogens with one attached hydrogen (secondary N) is 2. The number of amides is 2. The Kier molecular flexibility index (Phi) is 10.5. The van der Waals surface area contributed by atoms with Gasteiger partial charge in [0.25, 0.3) is 5.91 Å². The maximum atomic E-state index is 13.1. The first-order chi connectivity index (χ1) is 19.6. The minimum Gasteiger partial charge on any atom is -0.323 e. The largest absolute Gasteiger partial charge is 0.416 e. The molecule has 0 atom stereocenters. The Morgan fingerprint density at radius 3 is 2.34 bits per heavy atom. The van der Waals surface area contributed by atoms with Crippen molar-refractivity contribution >= 4 is 35.0 Å². The van der Waals surface area contributed by atoms with Gasteiger partial charge in [0.05, 0.1) is 5.56 Å². The van der Waals surface area contributed by atoms with Crippen LogP contribution in [0.1, 0.15) is 18.1 Å². The van der Waals surface area contributed by atoms with Crippen molar-refractivity contribution in [1.29, 1.82) is 0 Å². The Bertz CT molecular complexity index is 1550. The molecule has 2 aromatic carbocycles. The van der Waals surface area contributed by atoms with Gasteiger partial charge in [-0.2, -0.15) is 13.2 Å². The van der Waals surface area contributed by atoms with E-state index in [0.29, 0.717) is 16.8 Å². The van der Waals surface area contributed by atoms with Crippen LogP contribution in [0.3, 0.4) is 0 Å². The monoisotopic (exact) mass is 555 g/mol. The van der Waals surface area contributed by atoms with Crippen molar-refractivity contribution in [3.05, 3.63) is 150 Å². The van der Waals surface area contributed by atoms with Crippen LogP contribution in [0.4, 0.5) is 24.5 Å². The van der Waals surface area contributed by atoms with Crippen molar-refractivity contribution in [1.82, 2.24) is 0 Å². The third kappa shape index (κ3) is 8.90. The molecule has 0 unspecified atom stereocenters. The lowest BCUT2D eigenvalue weighted by atomic mass is 9.92. The molecule has 0 aromatic heterocycles. The van der Waals surface area contributed by atoms with Crippen molar-refractivity contribution < 1.29 is 22.8 Å². The van der Waals surface area contributed by atoms with E-state index in [2.05, 4.69) is 28.8 Å². The lowest BCUT2D eigenvalue weighted by Crippen LogP contribution is -2.14. The molecule has 208 valence electrons. The third-order valence-corrected chi connectivity index (χ3v) is 5.69. The molecule has 8 heteroatoms. The number of hydrogen-bond acceptors (Lipinski definition) is 3. The average molecular weight is 556 g/mol. The minimum atomic E-state index is -4.53. The molecule has 2 N–H and O–H groups in total. The highest BCUT2D eigenvalue weighted by atomic mass is 19.4. The second kappa shape index (κ2) is 14.2. The second-order valence-corrected chi connectivity index (χ2v) is 8.58. The molecule has 2 aromatic rings. The van der Waals surface area contributed by atoms with Gasteiger partial charge in [-0.05, 0) is 77.8 Å². The summed E-state index contributed by atoms with van der Waals surface area (Å²) in [6.07, 6.45) is 13.4.